The van der Waals surface area contributed by atoms with Crippen molar-refractivity contribution in [3.63, 3.8) is 0 Å². The Kier molecular flexibility index (Phi) is 5.60. The summed E-state index contributed by atoms with van der Waals surface area (Å²) in [5, 5.41) is 20.9. The first-order chi connectivity index (χ1) is 13.8. The van der Waals surface area contributed by atoms with Crippen LogP contribution in [0.1, 0.15) is 30.4 Å². The topological polar surface area (TPSA) is 67.6 Å². The third kappa shape index (κ3) is 3.75. The Labute approximate surface area is 171 Å². The van der Waals surface area contributed by atoms with Crippen molar-refractivity contribution in [1.82, 2.24) is 14.8 Å². The number of rotatable bonds is 7. The number of nitrogens with zero attached hydrogens (tertiary/aromatic N) is 4. The zero-order valence-corrected chi connectivity index (χ0v) is 17.0. The number of para-hydroxylation sites is 1. The van der Waals surface area contributed by atoms with Gasteiger partial charge in [0.15, 0.2) is 11.0 Å². The van der Waals surface area contributed by atoms with Gasteiger partial charge in [-0.25, -0.2) is 0 Å². The van der Waals surface area contributed by atoms with E-state index in [1.54, 1.807) is 23.1 Å². The lowest BCUT2D eigenvalue weighted by atomic mass is 10.2. The second kappa shape index (κ2) is 8.46. The van der Waals surface area contributed by atoms with E-state index in [4.69, 9.17) is 9.68 Å². The normalized spacial score (nSPS) is 10.9. The summed E-state index contributed by atoms with van der Waals surface area (Å²) in [4.78, 5) is 1.07. The van der Waals surface area contributed by atoms with Gasteiger partial charge in [-0.3, -0.25) is 4.57 Å². The summed E-state index contributed by atoms with van der Waals surface area (Å²) in [6.07, 6.45) is 1.79. The zero-order valence-electron chi connectivity index (χ0n) is 15.3. The van der Waals surface area contributed by atoms with E-state index >= 15 is 0 Å². The summed E-state index contributed by atoms with van der Waals surface area (Å²) >= 11 is 3.25. The third-order valence-electron chi connectivity index (χ3n) is 4.23. The van der Waals surface area contributed by atoms with Crippen molar-refractivity contribution in [3.8, 4) is 22.5 Å². The first-order valence-electron chi connectivity index (χ1n) is 8.99. The monoisotopic (exact) mass is 406 g/mol. The van der Waals surface area contributed by atoms with Gasteiger partial charge >= 0.3 is 0 Å². The van der Waals surface area contributed by atoms with Crippen LogP contribution in [0.5, 0.6) is 0 Å². The number of thioether (sulfide) groups is 1. The summed E-state index contributed by atoms with van der Waals surface area (Å²) < 4.78 is 7.74. The molecule has 7 heteroatoms. The van der Waals surface area contributed by atoms with Gasteiger partial charge in [-0.05, 0) is 36.1 Å². The molecule has 4 rings (SSSR count). The van der Waals surface area contributed by atoms with E-state index in [1.807, 2.05) is 35.7 Å². The molecule has 0 fully saturated rings. The van der Waals surface area contributed by atoms with Crippen molar-refractivity contribution in [2.75, 3.05) is 0 Å². The number of hydrogen-bond acceptors (Lipinski definition) is 6. The number of hydrogen-bond donors (Lipinski definition) is 0. The number of nitriles is 1. The fraction of sp³-hybridized carbons (Fsp3) is 0.190. The molecule has 5 nitrogen and oxygen atoms in total. The molecule has 0 N–H and O–H groups in total. The van der Waals surface area contributed by atoms with Crippen LogP contribution in [0.3, 0.4) is 0 Å². The largest absolute Gasteiger partial charge is 0.450 e. The van der Waals surface area contributed by atoms with Crippen molar-refractivity contribution in [2.45, 2.75) is 30.7 Å². The molecule has 28 heavy (non-hydrogen) atoms. The van der Waals surface area contributed by atoms with Crippen molar-refractivity contribution < 1.29 is 4.42 Å². The van der Waals surface area contributed by atoms with Gasteiger partial charge in [-0.2, -0.15) is 5.26 Å². The predicted molar refractivity (Wildman–Crippen MR) is 112 cm³/mol. The van der Waals surface area contributed by atoms with Gasteiger partial charge in [-0.15, -0.1) is 21.5 Å². The molecule has 0 spiro atoms. The Morgan fingerprint density at radius 1 is 1.18 bits per heavy atom. The van der Waals surface area contributed by atoms with Crippen LogP contribution in [0.2, 0.25) is 0 Å². The minimum atomic E-state index is 0.364. The van der Waals surface area contributed by atoms with Crippen molar-refractivity contribution in [3.05, 3.63) is 71.0 Å². The molecule has 0 saturated heterocycles. The van der Waals surface area contributed by atoms with Crippen LogP contribution in [0, 0.1) is 11.3 Å². The van der Waals surface area contributed by atoms with E-state index in [1.165, 1.54) is 0 Å². The molecule has 1 aromatic carbocycles. The van der Waals surface area contributed by atoms with E-state index in [0.29, 0.717) is 11.5 Å². The highest BCUT2D eigenvalue weighted by Gasteiger charge is 2.18. The predicted octanol–water partition coefficient (Wildman–Crippen LogP) is 5.71. The van der Waals surface area contributed by atoms with Crippen LogP contribution in [0.25, 0.3) is 16.4 Å². The summed E-state index contributed by atoms with van der Waals surface area (Å²) in [5.41, 5.74) is 2.07. The standard InChI is InChI=1S/C21H18N4OS2/c1-2-7-18-15(12-17(13-22)26-18)14-28-21-24-23-20(19-10-6-11-27-19)25(21)16-8-4-3-5-9-16/h3-6,8-12H,2,7,14H2,1H3. The Morgan fingerprint density at radius 2 is 2.04 bits per heavy atom. The molecule has 0 radical (unpaired) electrons. The maximum Gasteiger partial charge on any atom is 0.203 e. The van der Waals surface area contributed by atoms with E-state index in [2.05, 4.69) is 46.0 Å². The van der Waals surface area contributed by atoms with E-state index < -0.39 is 0 Å². The van der Waals surface area contributed by atoms with Crippen molar-refractivity contribution in [2.24, 2.45) is 0 Å². The van der Waals surface area contributed by atoms with Crippen LogP contribution in [-0.2, 0) is 12.2 Å². The molecule has 3 heterocycles. The van der Waals surface area contributed by atoms with Gasteiger partial charge in [0.1, 0.15) is 11.8 Å². The summed E-state index contributed by atoms with van der Waals surface area (Å²) in [5.74, 6) is 2.76. The smallest absolute Gasteiger partial charge is 0.203 e. The SMILES string of the molecule is CCCc1oc(C#N)cc1CSc1nnc(-c2cccs2)n1-c1ccccc1. The molecular weight excluding hydrogens is 388 g/mol. The molecule has 0 unspecified atom stereocenters. The third-order valence-corrected chi connectivity index (χ3v) is 6.07. The van der Waals surface area contributed by atoms with E-state index in [-0.39, 0.29) is 0 Å². The highest BCUT2D eigenvalue weighted by molar-refractivity contribution is 7.98. The Balaban J connectivity index is 1.68. The van der Waals surface area contributed by atoms with Gasteiger partial charge in [0.25, 0.3) is 0 Å². The van der Waals surface area contributed by atoms with E-state index in [9.17, 15) is 0 Å². The molecule has 0 saturated carbocycles. The lowest BCUT2D eigenvalue weighted by Gasteiger charge is -2.09. The van der Waals surface area contributed by atoms with Crippen LogP contribution in [-0.4, -0.2) is 14.8 Å². The lowest BCUT2D eigenvalue weighted by Crippen LogP contribution is -1.99. The number of aryl methyl sites for hydroxylation is 1. The van der Waals surface area contributed by atoms with Crippen molar-refractivity contribution >= 4 is 23.1 Å². The highest BCUT2D eigenvalue weighted by Crippen LogP contribution is 2.32. The summed E-state index contributed by atoms with van der Waals surface area (Å²) in [6.45, 7) is 2.10. The van der Waals surface area contributed by atoms with Gasteiger partial charge < -0.3 is 4.42 Å². The molecule has 3 aromatic heterocycles. The average molecular weight is 407 g/mol. The zero-order chi connectivity index (χ0) is 19.3. The van der Waals surface area contributed by atoms with E-state index in [0.717, 1.165) is 45.7 Å². The summed E-state index contributed by atoms with van der Waals surface area (Å²) in [7, 11) is 0. The molecule has 0 atom stereocenters. The average Bonchev–Trinajstić information content (AvgIpc) is 3.46. The highest BCUT2D eigenvalue weighted by atomic mass is 32.2. The Hall–Kier alpha value is -2.82. The van der Waals surface area contributed by atoms with Gasteiger partial charge in [0, 0.05) is 23.4 Å². The second-order valence-corrected chi connectivity index (χ2v) is 8.05. The fourth-order valence-electron chi connectivity index (χ4n) is 2.96. The first-order valence-corrected chi connectivity index (χ1v) is 10.9. The molecule has 0 aliphatic heterocycles. The number of thiophene rings is 1. The maximum absolute atomic E-state index is 9.15. The molecule has 0 aliphatic carbocycles. The van der Waals surface area contributed by atoms with Crippen LogP contribution >= 0.6 is 23.1 Å². The van der Waals surface area contributed by atoms with Gasteiger partial charge in [-0.1, -0.05) is 43.0 Å². The molecule has 140 valence electrons. The molecule has 0 bridgehead atoms. The number of furan rings is 1. The quantitative estimate of drug-likeness (QED) is 0.368. The Bertz CT molecular complexity index is 1090. The van der Waals surface area contributed by atoms with Crippen LogP contribution < -0.4 is 0 Å². The van der Waals surface area contributed by atoms with Crippen molar-refractivity contribution in [1.29, 1.82) is 5.26 Å². The van der Waals surface area contributed by atoms with Gasteiger partial charge in [0.05, 0.1) is 4.88 Å². The maximum atomic E-state index is 9.15. The first kappa shape index (κ1) is 18.5. The second-order valence-electron chi connectivity index (χ2n) is 6.16. The minimum absolute atomic E-state index is 0.364. The number of benzene rings is 1. The van der Waals surface area contributed by atoms with Crippen LogP contribution in [0.15, 0.2) is 63.5 Å². The lowest BCUT2D eigenvalue weighted by molar-refractivity contribution is 0.492. The number of aromatic nitrogens is 3. The summed E-state index contributed by atoms with van der Waals surface area (Å²) in [6, 6.07) is 18.1. The van der Waals surface area contributed by atoms with Gasteiger partial charge in [0.2, 0.25) is 5.76 Å². The molecule has 0 amide bonds. The van der Waals surface area contributed by atoms with Crippen LogP contribution in [0.4, 0.5) is 0 Å². The molecule has 0 aliphatic rings. The Morgan fingerprint density at radius 3 is 2.75 bits per heavy atom. The minimum Gasteiger partial charge on any atom is -0.450 e. The molecular formula is C21H18N4OS2. The molecule has 4 aromatic rings. The fourth-order valence-corrected chi connectivity index (χ4v) is 4.61.